The largest absolute Gasteiger partial charge is 0.496 e. The van der Waals surface area contributed by atoms with Crippen LogP contribution < -0.4 is 10.1 Å². The van der Waals surface area contributed by atoms with Gasteiger partial charge in [-0.25, -0.2) is 9.97 Å². The van der Waals surface area contributed by atoms with E-state index in [9.17, 15) is 0 Å². The van der Waals surface area contributed by atoms with Crippen LogP contribution in [0.5, 0.6) is 5.75 Å². The van der Waals surface area contributed by atoms with Gasteiger partial charge < -0.3 is 15.0 Å². The number of H-pyrrole nitrogens is 1. The second-order valence-electron chi connectivity index (χ2n) is 5.53. The summed E-state index contributed by atoms with van der Waals surface area (Å²) in [6.07, 6.45) is 3.54. The van der Waals surface area contributed by atoms with Crippen LogP contribution in [0.4, 0.5) is 10.8 Å². The van der Waals surface area contributed by atoms with Crippen molar-refractivity contribution < 1.29 is 4.74 Å². The van der Waals surface area contributed by atoms with Crippen LogP contribution in [0.2, 0.25) is 5.02 Å². The highest BCUT2D eigenvalue weighted by Gasteiger charge is 2.11. The minimum absolute atomic E-state index is 0.648. The maximum Gasteiger partial charge on any atom is 0.187 e. The van der Waals surface area contributed by atoms with Crippen LogP contribution in [0.25, 0.3) is 22.6 Å². The molecule has 2 N–H and O–H groups in total. The van der Waals surface area contributed by atoms with E-state index >= 15 is 0 Å². The summed E-state index contributed by atoms with van der Waals surface area (Å²) in [5.74, 6) is 1.57. The molecule has 4 aromatic rings. The maximum absolute atomic E-state index is 6.12. The molecule has 0 bridgehead atoms. The smallest absolute Gasteiger partial charge is 0.187 e. The fraction of sp³-hybridized carbons (Fsp3) is 0.0526. The molecular weight excluding hydrogens is 368 g/mol. The molecule has 0 aliphatic rings. The SMILES string of the molecule is COc1ccc(Cl)cc1-c1csc(Nc2cccc(-c3ncc[nH]3)c2)n1. The third-order valence-electron chi connectivity index (χ3n) is 3.83. The third kappa shape index (κ3) is 3.42. The van der Waals surface area contributed by atoms with Crippen molar-refractivity contribution in [2.45, 2.75) is 0 Å². The first kappa shape index (κ1) is 16.6. The van der Waals surface area contributed by atoms with Gasteiger partial charge in [-0.3, -0.25) is 0 Å². The molecule has 0 atom stereocenters. The van der Waals surface area contributed by atoms with Gasteiger partial charge in [0, 0.05) is 39.6 Å². The molecule has 0 aliphatic heterocycles. The average Bonchev–Trinajstić information content (AvgIpc) is 3.34. The first-order chi connectivity index (χ1) is 12.7. The zero-order chi connectivity index (χ0) is 17.9. The molecule has 2 heterocycles. The van der Waals surface area contributed by atoms with Crippen molar-refractivity contribution in [2.75, 3.05) is 12.4 Å². The first-order valence-electron chi connectivity index (χ1n) is 7.89. The topological polar surface area (TPSA) is 62.8 Å². The van der Waals surface area contributed by atoms with Crippen LogP contribution in [-0.4, -0.2) is 22.1 Å². The highest BCUT2D eigenvalue weighted by Crippen LogP contribution is 2.35. The minimum Gasteiger partial charge on any atom is -0.496 e. The molecule has 4 rings (SSSR count). The van der Waals surface area contributed by atoms with Gasteiger partial charge in [-0.1, -0.05) is 23.7 Å². The minimum atomic E-state index is 0.648. The molecule has 7 heteroatoms. The maximum atomic E-state index is 6.12. The number of benzene rings is 2. The summed E-state index contributed by atoms with van der Waals surface area (Å²) in [7, 11) is 1.64. The van der Waals surface area contributed by atoms with Crippen LogP contribution >= 0.6 is 22.9 Å². The Morgan fingerprint density at radius 2 is 2.12 bits per heavy atom. The predicted molar refractivity (Wildman–Crippen MR) is 106 cm³/mol. The number of aromatic nitrogens is 3. The number of ether oxygens (including phenoxy) is 1. The molecule has 130 valence electrons. The molecule has 0 amide bonds. The Kier molecular flexibility index (Phi) is 4.60. The zero-order valence-electron chi connectivity index (χ0n) is 13.9. The van der Waals surface area contributed by atoms with Crippen molar-refractivity contribution in [3.05, 3.63) is 65.3 Å². The van der Waals surface area contributed by atoms with Crippen LogP contribution in [-0.2, 0) is 0 Å². The number of rotatable bonds is 5. The average molecular weight is 383 g/mol. The summed E-state index contributed by atoms with van der Waals surface area (Å²) < 4.78 is 5.41. The lowest BCUT2D eigenvalue weighted by Gasteiger charge is -2.07. The van der Waals surface area contributed by atoms with Crippen molar-refractivity contribution in [1.29, 1.82) is 0 Å². The van der Waals surface area contributed by atoms with Gasteiger partial charge in [-0.2, -0.15) is 0 Å². The van der Waals surface area contributed by atoms with Crippen LogP contribution in [0.15, 0.2) is 60.2 Å². The monoisotopic (exact) mass is 382 g/mol. The number of imidazole rings is 1. The van der Waals surface area contributed by atoms with Gasteiger partial charge in [-0.05, 0) is 30.3 Å². The number of thiazole rings is 1. The standard InChI is InChI=1S/C19H15ClN4OS/c1-25-17-6-5-13(20)10-15(17)16-11-26-19(24-16)23-14-4-2-3-12(9-14)18-21-7-8-22-18/h2-11H,1H3,(H,21,22)(H,23,24). The summed E-state index contributed by atoms with van der Waals surface area (Å²) in [5.41, 5.74) is 3.64. The second kappa shape index (κ2) is 7.19. The van der Waals surface area contributed by atoms with Gasteiger partial charge in [0.25, 0.3) is 0 Å². The molecule has 2 aromatic heterocycles. The van der Waals surface area contributed by atoms with Gasteiger partial charge in [0.2, 0.25) is 0 Å². The van der Waals surface area contributed by atoms with Gasteiger partial charge in [0.1, 0.15) is 11.6 Å². The van der Waals surface area contributed by atoms with Crippen molar-refractivity contribution in [3.8, 4) is 28.4 Å². The quantitative estimate of drug-likeness (QED) is 0.471. The van der Waals surface area contributed by atoms with E-state index in [0.717, 1.165) is 39.2 Å². The summed E-state index contributed by atoms with van der Waals surface area (Å²) in [6, 6.07) is 13.5. The van der Waals surface area contributed by atoms with Crippen LogP contribution in [0, 0.1) is 0 Å². The molecule has 0 spiro atoms. The molecular formula is C19H15ClN4OS. The fourth-order valence-electron chi connectivity index (χ4n) is 2.63. The normalized spacial score (nSPS) is 10.7. The molecule has 26 heavy (non-hydrogen) atoms. The first-order valence-corrected chi connectivity index (χ1v) is 9.15. The highest BCUT2D eigenvalue weighted by atomic mass is 35.5. The predicted octanol–water partition coefficient (Wildman–Crippen LogP) is 5.61. The highest BCUT2D eigenvalue weighted by molar-refractivity contribution is 7.14. The second-order valence-corrected chi connectivity index (χ2v) is 6.82. The number of halogens is 1. The summed E-state index contributed by atoms with van der Waals surface area (Å²) in [5, 5.41) is 6.76. The molecule has 0 saturated heterocycles. The van der Waals surface area contributed by atoms with E-state index in [1.165, 1.54) is 11.3 Å². The molecule has 0 radical (unpaired) electrons. The van der Waals surface area contributed by atoms with Crippen molar-refractivity contribution >= 4 is 33.8 Å². The molecule has 0 unspecified atom stereocenters. The molecule has 0 saturated carbocycles. The number of nitrogens with zero attached hydrogens (tertiary/aromatic N) is 2. The lowest BCUT2D eigenvalue weighted by Crippen LogP contribution is -1.92. The number of nitrogens with one attached hydrogen (secondary N) is 2. The molecule has 0 fully saturated rings. The molecule has 2 aromatic carbocycles. The Hall–Kier alpha value is -2.83. The fourth-order valence-corrected chi connectivity index (χ4v) is 3.53. The van der Waals surface area contributed by atoms with E-state index in [0.29, 0.717) is 5.02 Å². The summed E-state index contributed by atoms with van der Waals surface area (Å²) in [6.45, 7) is 0. The number of anilines is 2. The van der Waals surface area contributed by atoms with Crippen LogP contribution in [0.3, 0.4) is 0 Å². The van der Waals surface area contributed by atoms with Crippen LogP contribution in [0.1, 0.15) is 0 Å². The van der Waals surface area contributed by atoms with E-state index in [2.05, 4.69) is 20.3 Å². The zero-order valence-corrected chi connectivity index (χ0v) is 15.4. The van der Waals surface area contributed by atoms with Gasteiger partial charge in [0.05, 0.1) is 12.8 Å². The van der Waals surface area contributed by atoms with E-state index in [-0.39, 0.29) is 0 Å². The van der Waals surface area contributed by atoms with Crippen molar-refractivity contribution in [3.63, 3.8) is 0 Å². The van der Waals surface area contributed by atoms with Gasteiger partial charge in [0.15, 0.2) is 5.13 Å². The van der Waals surface area contributed by atoms with Gasteiger partial charge >= 0.3 is 0 Å². The number of methoxy groups -OCH3 is 1. The van der Waals surface area contributed by atoms with Crippen molar-refractivity contribution in [1.82, 2.24) is 15.0 Å². The number of hydrogen-bond acceptors (Lipinski definition) is 5. The lowest BCUT2D eigenvalue weighted by molar-refractivity contribution is 0.416. The summed E-state index contributed by atoms with van der Waals surface area (Å²) in [4.78, 5) is 12.1. The third-order valence-corrected chi connectivity index (χ3v) is 4.82. The molecule has 0 aliphatic carbocycles. The van der Waals surface area contributed by atoms with E-state index in [4.69, 9.17) is 16.3 Å². The Morgan fingerprint density at radius 1 is 1.19 bits per heavy atom. The Labute approximate surface area is 159 Å². The Morgan fingerprint density at radius 3 is 2.92 bits per heavy atom. The van der Waals surface area contributed by atoms with E-state index in [1.54, 1.807) is 25.6 Å². The van der Waals surface area contributed by atoms with Gasteiger partial charge in [-0.15, -0.1) is 11.3 Å². The Bertz CT molecular complexity index is 1030. The van der Waals surface area contributed by atoms with E-state index in [1.807, 2.05) is 41.8 Å². The number of aromatic amines is 1. The molecule has 5 nitrogen and oxygen atoms in total. The lowest BCUT2D eigenvalue weighted by atomic mass is 10.1. The Balaban J connectivity index is 1.60. The summed E-state index contributed by atoms with van der Waals surface area (Å²) >= 11 is 7.65. The van der Waals surface area contributed by atoms with Crippen molar-refractivity contribution in [2.24, 2.45) is 0 Å². The van der Waals surface area contributed by atoms with E-state index < -0.39 is 0 Å². The number of hydrogen-bond donors (Lipinski definition) is 2.